The van der Waals surface area contributed by atoms with Gasteiger partial charge in [-0.3, -0.25) is 0 Å². The number of aryl methyl sites for hydroxylation is 1. The summed E-state index contributed by atoms with van der Waals surface area (Å²) in [5, 5.41) is 3.64. The van der Waals surface area contributed by atoms with Crippen molar-refractivity contribution < 1.29 is 9.53 Å². The Balaban J connectivity index is 2.11. The average molecular weight is 261 g/mol. The Labute approximate surface area is 115 Å². The first-order valence-corrected chi connectivity index (χ1v) is 7.11. The van der Waals surface area contributed by atoms with Crippen LogP contribution in [-0.4, -0.2) is 19.1 Å². The van der Waals surface area contributed by atoms with Gasteiger partial charge in [-0.15, -0.1) is 0 Å². The van der Waals surface area contributed by atoms with Crippen LogP contribution in [0, 0.1) is 12.8 Å². The van der Waals surface area contributed by atoms with Gasteiger partial charge in [-0.25, -0.2) is 4.79 Å². The van der Waals surface area contributed by atoms with Crippen LogP contribution in [0.3, 0.4) is 0 Å². The van der Waals surface area contributed by atoms with E-state index in [1.54, 1.807) is 0 Å². The Kier molecular flexibility index (Phi) is 4.46. The molecule has 1 saturated carbocycles. The largest absolute Gasteiger partial charge is 0.465 e. The van der Waals surface area contributed by atoms with E-state index in [4.69, 9.17) is 4.74 Å². The van der Waals surface area contributed by atoms with Crippen molar-refractivity contribution in [2.24, 2.45) is 5.92 Å². The summed E-state index contributed by atoms with van der Waals surface area (Å²) in [5.74, 6) is 0.502. The molecular formula is C16H23NO2. The minimum atomic E-state index is -0.276. The predicted molar refractivity (Wildman–Crippen MR) is 77.6 cm³/mol. The molecule has 0 radical (unpaired) electrons. The van der Waals surface area contributed by atoms with Crippen LogP contribution in [0.5, 0.6) is 0 Å². The first kappa shape index (κ1) is 13.9. The van der Waals surface area contributed by atoms with Crippen molar-refractivity contribution in [2.45, 2.75) is 45.6 Å². The fourth-order valence-corrected chi connectivity index (χ4v) is 2.99. The topological polar surface area (TPSA) is 38.3 Å². The molecule has 0 heterocycles. The van der Waals surface area contributed by atoms with E-state index >= 15 is 0 Å². The van der Waals surface area contributed by atoms with Gasteiger partial charge in [0.15, 0.2) is 0 Å². The maximum absolute atomic E-state index is 11.5. The van der Waals surface area contributed by atoms with Gasteiger partial charge in [0, 0.05) is 11.7 Å². The number of benzene rings is 1. The summed E-state index contributed by atoms with van der Waals surface area (Å²) in [6, 6.07) is 6.29. The number of nitrogens with one attached hydrogen (secondary N) is 1. The molecule has 19 heavy (non-hydrogen) atoms. The SMILES string of the molecule is CCC1CCCC1Nc1ccc(C(=O)OC)cc1C. The first-order valence-electron chi connectivity index (χ1n) is 7.11. The zero-order valence-electron chi connectivity index (χ0n) is 12.0. The summed E-state index contributed by atoms with van der Waals surface area (Å²) in [6.45, 7) is 4.29. The van der Waals surface area contributed by atoms with E-state index in [0.717, 1.165) is 17.2 Å². The number of methoxy groups -OCH3 is 1. The molecular weight excluding hydrogens is 238 g/mol. The van der Waals surface area contributed by atoms with E-state index in [1.165, 1.54) is 32.8 Å². The fraction of sp³-hybridized carbons (Fsp3) is 0.562. The Morgan fingerprint density at radius 2 is 2.21 bits per heavy atom. The number of hydrogen-bond donors (Lipinski definition) is 1. The minimum Gasteiger partial charge on any atom is -0.465 e. The third-order valence-corrected chi connectivity index (χ3v) is 4.17. The predicted octanol–water partition coefficient (Wildman–Crippen LogP) is 3.77. The molecule has 0 aliphatic heterocycles. The quantitative estimate of drug-likeness (QED) is 0.838. The summed E-state index contributed by atoms with van der Waals surface area (Å²) in [7, 11) is 1.41. The smallest absolute Gasteiger partial charge is 0.337 e. The second kappa shape index (κ2) is 6.09. The highest BCUT2D eigenvalue weighted by Crippen LogP contribution is 2.31. The summed E-state index contributed by atoms with van der Waals surface area (Å²) in [5.41, 5.74) is 2.85. The molecule has 0 saturated heterocycles. The van der Waals surface area contributed by atoms with Crippen molar-refractivity contribution in [3.8, 4) is 0 Å². The van der Waals surface area contributed by atoms with Gasteiger partial charge in [-0.05, 0) is 49.4 Å². The van der Waals surface area contributed by atoms with Gasteiger partial charge < -0.3 is 10.1 Å². The molecule has 0 spiro atoms. The van der Waals surface area contributed by atoms with Crippen LogP contribution in [-0.2, 0) is 4.74 Å². The Hall–Kier alpha value is -1.51. The van der Waals surface area contributed by atoms with Gasteiger partial charge in [-0.1, -0.05) is 19.8 Å². The third kappa shape index (κ3) is 3.09. The van der Waals surface area contributed by atoms with E-state index in [1.807, 2.05) is 25.1 Å². The van der Waals surface area contributed by atoms with E-state index in [0.29, 0.717) is 11.6 Å². The van der Waals surface area contributed by atoms with Gasteiger partial charge in [0.05, 0.1) is 12.7 Å². The van der Waals surface area contributed by atoms with Crippen LogP contribution in [0.1, 0.15) is 48.5 Å². The third-order valence-electron chi connectivity index (χ3n) is 4.17. The number of carbonyl (C=O) groups is 1. The minimum absolute atomic E-state index is 0.276. The van der Waals surface area contributed by atoms with Crippen LogP contribution < -0.4 is 5.32 Å². The zero-order chi connectivity index (χ0) is 13.8. The Bertz CT molecular complexity index is 456. The normalized spacial score (nSPS) is 22.3. The number of hydrogen-bond acceptors (Lipinski definition) is 3. The lowest BCUT2D eigenvalue weighted by Crippen LogP contribution is -2.23. The molecule has 2 rings (SSSR count). The van der Waals surface area contributed by atoms with Crippen LogP contribution in [0.4, 0.5) is 5.69 Å². The molecule has 1 N–H and O–H groups in total. The molecule has 1 aliphatic rings. The lowest BCUT2D eigenvalue weighted by Gasteiger charge is -2.22. The number of ether oxygens (including phenoxy) is 1. The maximum Gasteiger partial charge on any atom is 0.337 e. The molecule has 3 nitrogen and oxygen atoms in total. The molecule has 1 aromatic carbocycles. The van der Waals surface area contributed by atoms with Gasteiger partial charge in [0.2, 0.25) is 0 Å². The molecule has 0 bridgehead atoms. The highest BCUT2D eigenvalue weighted by atomic mass is 16.5. The molecule has 2 atom stereocenters. The monoisotopic (exact) mass is 261 g/mol. The fourth-order valence-electron chi connectivity index (χ4n) is 2.99. The zero-order valence-corrected chi connectivity index (χ0v) is 12.0. The summed E-state index contributed by atoms with van der Waals surface area (Å²) in [6.07, 6.45) is 5.12. The van der Waals surface area contributed by atoms with E-state index in [9.17, 15) is 4.79 Å². The summed E-state index contributed by atoms with van der Waals surface area (Å²) < 4.78 is 4.74. The summed E-state index contributed by atoms with van der Waals surface area (Å²) >= 11 is 0. The number of esters is 1. The van der Waals surface area contributed by atoms with Crippen molar-refractivity contribution in [3.63, 3.8) is 0 Å². The second-order valence-corrected chi connectivity index (χ2v) is 5.37. The van der Waals surface area contributed by atoms with Crippen LogP contribution in [0.25, 0.3) is 0 Å². The van der Waals surface area contributed by atoms with Gasteiger partial charge in [0.25, 0.3) is 0 Å². The molecule has 0 amide bonds. The average Bonchev–Trinajstić information content (AvgIpc) is 2.87. The number of carbonyl (C=O) groups excluding carboxylic acids is 1. The lowest BCUT2D eigenvalue weighted by molar-refractivity contribution is 0.0600. The highest BCUT2D eigenvalue weighted by Gasteiger charge is 2.25. The van der Waals surface area contributed by atoms with E-state index in [2.05, 4.69) is 12.2 Å². The van der Waals surface area contributed by atoms with Gasteiger partial charge in [-0.2, -0.15) is 0 Å². The highest BCUT2D eigenvalue weighted by molar-refractivity contribution is 5.90. The van der Waals surface area contributed by atoms with E-state index < -0.39 is 0 Å². The molecule has 1 fully saturated rings. The number of rotatable bonds is 4. The molecule has 3 heteroatoms. The van der Waals surface area contributed by atoms with Crippen molar-refractivity contribution in [3.05, 3.63) is 29.3 Å². The van der Waals surface area contributed by atoms with Crippen LogP contribution in [0.2, 0.25) is 0 Å². The molecule has 1 aromatic rings. The summed E-state index contributed by atoms with van der Waals surface area (Å²) in [4.78, 5) is 11.5. The van der Waals surface area contributed by atoms with Crippen molar-refractivity contribution in [1.29, 1.82) is 0 Å². The molecule has 2 unspecified atom stereocenters. The molecule has 0 aromatic heterocycles. The standard InChI is InChI=1S/C16H23NO2/c1-4-12-6-5-7-15(12)17-14-9-8-13(10-11(14)2)16(18)19-3/h8-10,12,15,17H,4-7H2,1-3H3. The maximum atomic E-state index is 11.5. The number of anilines is 1. The Morgan fingerprint density at radius 3 is 2.84 bits per heavy atom. The van der Waals surface area contributed by atoms with Crippen molar-refractivity contribution in [1.82, 2.24) is 0 Å². The molecule has 1 aliphatic carbocycles. The van der Waals surface area contributed by atoms with Gasteiger partial charge in [0.1, 0.15) is 0 Å². The first-order chi connectivity index (χ1) is 9.15. The van der Waals surface area contributed by atoms with Gasteiger partial charge >= 0.3 is 5.97 Å². The van der Waals surface area contributed by atoms with E-state index in [-0.39, 0.29) is 5.97 Å². The molecule has 104 valence electrons. The van der Waals surface area contributed by atoms with Crippen LogP contribution in [0.15, 0.2) is 18.2 Å². The van der Waals surface area contributed by atoms with Crippen molar-refractivity contribution in [2.75, 3.05) is 12.4 Å². The second-order valence-electron chi connectivity index (χ2n) is 5.37. The Morgan fingerprint density at radius 1 is 1.42 bits per heavy atom. The lowest BCUT2D eigenvalue weighted by atomic mass is 9.99. The van der Waals surface area contributed by atoms with Crippen molar-refractivity contribution >= 4 is 11.7 Å². The van der Waals surface area contributed by atoms with Crippen LogP contribution >= 0.6 is 0 Å².